The lowest BCUT2D eigenvalue weighted by atomic mass is 9.87. The number of benzene rings is 2. The Bertz CT molecular complexity index is 905. The molecule has 2 saturated heterocycles. The minimum atomic E-state index is -4.36. The van der Waals surface area contributed by atoms with E-state index in [1.807, 2.05) is 36.1 Å². The molecule has 3 nitrogen and oxygen atoms in total. The molecule has 0 N–H and O–H groups in total. The smallest absolute Gasteiger partial charge is 0.338 e. The van der Waals surface area contributed by atoms with Crippen LogP contribution in [0.25, 0.3) is 0 Å². The van der Waals surface area contributed by atoms with Gasteiger partial charge in [0.25, 0.3) is 5.91 Å². The first-order valence-corrected chi connectivity index (χ1v) is 10.6. The Morgan fingerprint density at radius 1 is 1.03 bits per heavy atom. The standard InChI is InChI=1S/C24H27F3N2O/c1-17-6-4-8-19(12-17)23(30)29-15-20(14-28-10-2-3-11-28)22(16-29)18-7-5-9-21(13-18)24(25,26)27/h4-9,12-13,20,22H,2-3,10-11,14-16H2,1H3. The normalized spacial score (nSPS) is 22.6. The minimum absolute atomic E-state index is 0.0420. The van der Waals surface area contributed by atoms with E-state index in [0.29, 0.717) is 24.2 Å². The van der Waals surface area contributed by atoms with Crippen LogP contribution in [0, 0.1) is 12.8 Å². The Morgan fingerprint density at radius 2 is 1.77 bits per heavy atom. The van der Waals surface area contributed by atoms with E-state index in [1.165, 1.54) is 12.1 Å². The van der Waals surface area contributed by atoms with Crippen molar-refractivity contribution in [1.82, 2.24) is 9.80 Å². The molecule has 0 bridgehead atoms. The van der Waals surface area contributed by atoms with Gasteiger partial charge in [-0.2, -0.15) is 13.2 Å². The van der Waals surface area contributed by atoms with Gasteiger partial charge in [0.05, 0.1) is 5.56 Å². The van der Waals surface area contributed by atoms with Gasteiger partial charge in [0.15, 0.2) is 0 Å². The zero-order valence-corrected chi connectivity index (χ0v) is 17.2. The average molecular weight is 416 g/mol. The van der Waals surface area contributed by atoms with Gasteiger partial charge < -0.3 is 9.80 Å². The van der Waals surface area contributed by atoms with Crippen molar-refractivity contribution in [2.45, 2.75) is 31.9 Å². The molecule has 1 amide bonds. The minimum Gasteiger partial charge on any atom is -0.338 e. The number of likely N-dealkylation sites (tertiary alicyclic amines) is 2. The van der Waals surface area contributed by atoms with E-state index >= 15 is 0 Å². The summed E-state index contributed by atoms with van der Waals surface area (Å²) in [6.07, 6.45) is -2.05. The van der Waals surface area contributed by atoms with Gasteiger partial charge in [-0.25, -0.2) is 0 Å². The first-order valence-electron chi connectivity index (χ1n) is 10.6. The van der Waals surface area contributed by atoms with Gasteiger partial charge in [0.1, 0.15) is 0 Å². The van der Waals surface area contributed by atoms with Crippen LogP contribution in [0.5, 0.6) is 0 Å². The summed E-state index contributed by atoms with van der Waals surface area (Å²) < 4.78 is 39.8. The van der Waals surface area contributed by atoms with E-state index in [2.05, 4.69) is 4.90 Å². The second-order valence-electron chi connectivity index (χ2n) is 8.58. The van der Waals surface area contributed by atoms with Gasteiger partial charge in [-0.1, -0.05) is 35.9 Å². The molecule has 2 unspecified atom stereocenters. The van der Waals surface area contributed by atoms with E-state index in [4.69, 9.17) is 0 Å². The van der Waals surface area contributed by atoms with Crippen molar-refractivity contribution in [2.75, 3.05) is 32.7 Å². The highest BCUT2D eigenvalue weighted by Crippen LogP contribution is 2.37. The quantitative estimate of drug-likeness (QED) is 0.703. The molecule has 0 aromatic heterocycles. The number of carbonyl (C=O) groups is 1. The van der Waals surface area contributed by atoms with Crippen molar-refractivity contribution in [3.8, 4) is 0 Å². The van der Waals surface area contributed by atoms with Gasteiger partial charge in [-0.3, -0.25) is 4.79 Å². The molecule has 6 heteroatoms. The molecule has 0 saturated carbocycles. The fourth-order valence-electron chi connectivity index (χ4n) is 4.80. The lowest BCUT2D eigenvalue weighted by molar-refractivity contribution is -0.137. The second kappa shape index (κ2) is 8.42. The number of alkyl halides is 3. The number of nitrogens with zero attached hydrogens (tertiary/aromatic N) is 2. The lowest BCUT2D eigenvalue weighted by Gasteiger charge is -2.24. The molecular weight excluding hydrogens is 389 g/mol. The second-order valence-corrected chi connectivity index (χ2v) is 8.58. The molecule has 2 heterocycles. The maximum absolute atomic E-state index is 13.3. The van der Waals surface area contributed by atoms with E-state index in [1.54, 1.807) is 6.07 Å². The molecule has 2 atom stereocenters. The summed E-state index contributed by atoms with van der Waals surface area (Å²) in [5.41, 5.74) is 1.71. The Kier molecular flexibility index (Phi) is 5.87. The first-order chi connectivity index (χ1) is 14.3. The van der Waals surface area contributed by atoms with Crippen molar-refractivity contribution in [1.29, 1.82) is 0 Å². The van der Waals surface area contributed by atoms with Gasteiger partial charge in [0.2, 0.25) is 0 Å². The van der Waals surface area contributed by atoms with Crippen LogP contribution < -0.4 is 0 Å². The summed E-state index contributed by atoms with van der Waals surface area (Å²) >= 11 is 0. The highest BCUT2D eigenvalue weighted by molar-refractivity contribution is 5.94. The SMILES string of the molecule is Cc1cccc(C(=O)N2CC(CN3CCCC3)C(c3cccc(C(F)(F)F)c3)C2)c1. The fourth-order valence-corrected chi connectivity index (χ4v) is 4.80. The van der Waals surface area contributed by atoms with E-state index < -0.39 is 11.7 Å². The van der Waals surface area contributed by atoms with E-state index in [-0.39, 0.29) is 17.7 Å². The summed E-state index contributed by atoms with van der Waals surface area (Å²) in [4.78, 5) is 17.3. The highest BCUT2D eigenvalue weighted by Gasteiger charge is 2.39. The fraction of sp³-hybridized carbons (Fsp3) is 0.458. The maximum atomic E-state index is 13.3. The Balaban J connectivity index is 1.60. The van der Waals surface area contributed by atoms with Crippen molar-refractivity contribution in [3.63, 3.8) is 0 Å². The molecular formula is C24H27F3N2O. The third-order valence-electron chi connectivity index (χ3n) is 6.33. The zero-order valence-electron chi connectivity index (χ0n) is 17.2. The molecule has 2 aliphatic heterocycles. The number of hydrogen-bond donors (Lipinski definition) is 0. The van der Waals surface area contributed by atoms with Crippen molar-refractivity contribution < 1.29 is 18.0 Å². The molecule has 2 aromatic rings. The number of amides is 1. The average Bonchev–Trinajstić information content (AvgIpc) is 3.37. The topological polar surface area (TPSA) is 23.6 Å². The van der Waals surface area contributed by atoms with Crippen LogP contribution >= 0.6 is 0 Å². The van der Waals surface area contributed by atoms with Crippen molar-refractivity contribution >= 4 is 5.91 Å². The van der Waals surface area contributed by atoms with Gasteiger partial charge >= 0.3 is 6.18 Å². The van der Waals surface area contributed by atoms with E-state index in [0.717, 1.165) is 44.1 Å². The molecule has 2 aliphatic rings. The molecule has 0 radical (unpaired) electrons. The van der Waals surface area contributed by atoms with Crippen LogP contribution in [-0.2, 0) is 6.18 Å². The maximum Gasteiger partial charge on any atom is 0.416 e. The van der Waals surface area contributed by atoms with Gasteiger partial charge in [-0.15, -0.1) is 0 Å². The summed E-state index contributed by atoms with van der Waals surface area (Å²) in [5, 5.41) is 0. The third-order valence-corrected chi connectivity index (χ3v) is 6.33. The number of hydrogen-bond acceptors (Lipinski definition) is 2. The van der Waals surface area contributed by atoms with Crippen LogP contribution in [-0.4, -0.2) is 48.4 Å². The van der Waals surface area contributed by atoms with E-state index in [9.17, 15) is 18.0 Å². The zero-order chi connectivity index (χ0) is 21.3. The number of halogens is 3. The first kappa shape index (κ1) is 20.9. The number of aryl methyl sites for hydroxylation is 1. The van der Waals surface area contributed by atoms with Gasteiger partial charge in [0, 0.05) is 31.1 Å². The molecule has 2 fully saturated rings. The Labute approximate surface area is 175 Å². The third kappa shape index (κ3) is 4.53. The van der Waals surface area contributed by atoms with Crippen molar-refractivity contribution in [3.05, 3.63) is 70.8 Å². The monoisotopic (exact) mass is 416 g/mol. The number of carbonyl (C=O) groups excluding carboxylic acids is 1. The Morgan fingerprint density at radius 3 is 2.47 bits per heavy atom. The predicted molar refractivity (Wildman–Crippen MR) is 110 cm³/mol. The molecule has 2 aromatic carbocycles. The molecule has 160 valence electrons. The van der Waals surface area contributed by atoms with Crippen LogP contribution in [0.4, 0.5) is 13.2 Å². The highest BCUT2D eigenvalue weighted by atomic mass is 19.4. The molecule has 4 rings (SSSR count). The van der Waals surface area contributed by atoms with Crippen molar-refractivity contribution in [2.24, 2.45) is 5.92 Å². The predicted octanol–water partition coefficient (Wildman–Crippen LogP) is 4.97. The summed E-state index contributed by atoms with van der Waals surface area (Å²) in [6, 6.07) is 13.1. The lowest BCUT2D eigenvalue weighted by Crippen LogP contribution is -2.32. The van der Waals surface area contributed by atoms with Crippen LogP contribution in [0.2, 0.25) is 0 Å². The number of rotatable bonds is 4. The molecule has 0 spiro atoms. The summed E-state index contributed by atoms with van der Waals surface area (Å²) in [5.74, 6) is -0.0124. The van der Waals surface area contributed by atoms with Crippen LogP contribution in [0.1, 0.15) is 45.8 Å². The van der Waals surface area contributed by atoms with Gasteiger partial charge in [-0.05, 0) is 62.5 Å². The molecule has 0 aliphatic carbocycles. The van der Waals surface area contributed by atoms with Crippen LogP contribution in [0.15, 0.2) is 48.5 Å². The molecule has 30 heavy (non-hydrogen) atoms. The Hall–Kier alpha value is -2.34. The largest absolute Gasteiger partial charge is 0.416 e. The summed E-state index contributed by atoms with van der Waals surface area (Å²) in [6.45, 7) is 5.84. The van der Waals surface area contributed by atoms with Crippen LogP contribution in [0.3, 0.4) is 0 Å². The summed E-state index contributed by atoms with van der Waals surface area (Å²) in [7, 11) is 0.